The van der Waals surface area contributed by atoms with Crippen molar-refractivity contribution < 1.29 is 9.80 Å². The molecule has 0 spiro atoms. The summed E-state index contributed by atoms with van der Waals surface area (Å²) in [6, 6.07) is 6.34. The molecule has 4 N–H and O–H groups in total. The molecule has 1 aliphatic heterocycles. The van der Waals surface area contributed by atoms with Crippen LogP contribution in [0, 0.1) is 13.8 Å². The van der Waals surface area contributed by atoms with Gasteiger partial charge in [-0.3, -0.25) is 0 Å². The molecule has 0 aromatic heterocycles. The highest BCUT2D eigenvalue weighted by Crippen LogP contribution is 2.13. The zero-order chi connectivity index (χ0) is 15.9. The summed E-state index contributed by atoms with van der Waals surface area (Å²) in [5.41, 5.74) is 3.66. The molecule has 0 bridgehead atoms. The molecular formula is C17H30N4S+2. The lowest BCUT2D eigenvalue weighted by Gasteiger charge is -2.27. The number of nitrogens with one attached hydrogen (secondary N) is 4. The van der Waals surface area contributed by atoms with Crippen molar-refractivity contribution in [1.29, 1.82) is 0 Å². The highest BCUT2D eigenvalue weighted by molar-refractivity contribution is 7.80. The first-order chi connectivity index (χ1) is 10.5. The molecule has 4 nitrogen and oxygen atoms in total. The van der Waals surface area contributed by atoms with Gasteiger partial charge in [-0.25, -0.2) is 0 Å². The van der Waals surface area contributed by atoms with E-state index in [4.69, 9.17) is 12.2 Å². The fourth-order valence-electron chi connectivity index (χ4n) is 2.82. The summed E-state index contributed by atoms with van der Waals surface area (Å²) < 4.78 is 0. The number of piperazine rings is 1. The highest BCUT2D eigenvalue weighted by Gasteiger charge is 2.18. The molecule has 0 atom stereocenters. The van der Waals surface area contributed by atoms with Crippen LogP contribution in [-0.2, 0) is 0 Å². The zero-order valence-electron chi connectivity index (χ0n) is 14.1. The normalized spacial score (nSPS) is 21.4. The van der Waals surface area contributed by atoms with Gasteiger partial charge in [-0.05, 0) is 49.3 Å². The summed E-state index contributed by atoms with van der Waals surface area (Å²) in [5, 5.41) is 7.30. The fraction of sp³-hybridized carbons (Fsp3) is 0.588. The summed E-state index contributed by atoms with van der Waals surface area (Å²) in [4.78, 5) is 3.40. The van der Waals surface area contributed by atoms with Crippen LogP contribution in [0.4, 0.5) is 5.69 Å². The number of anilines is 1. The lowest BCUT2D eigenvalue weighted by atomic mass is 10.1. The van der Waals surface area contributed by atoms with Gasteiger partial charge in [0, 0.05) is 18.7 Å². The van der Waals surface area contributed by atoms with Crippen LogP contribution < -0.4 is 20.4 Å². The molecule has 0 radical (unpaired) electrons. The van der Waals surface area contributed by atoms with E-state index in [9.17, 15) is 0 Å². The van der Waals surface area contributed by atoms with Gasteiger partial charge in [-0.15, -0.1) is 0 Å². The Morgan fingerprint density at radius 1 is 1.14 bits per heavy atom. The van der Waals surface area contributed by atoms with E-state index in [-0.39, 0.29) is 0 Å². The molecule has 5 heteroatoms. The zero-order valence-corrected chi connectivity index (χ0v) is 14.9. The number of quaternary nitrogens is 2. The van der Waals surface area contributed by atoms with Crippen LogP contribution in [-0.4, -0.2) is 51.4 Å². The topological polar surface area (TPSA) is 32.9 Å². The molecule has 22 heavy (non-hydrogen) atoms. The Morgan fingerprint density at radius 3 is 2.55 bits per heavy atom. The quantitative estimate of drug-likeness (QED) is 0.431. The van der Waals surface area contributed by atoms with E-state index in [1.165, 1.54) is 50.3 Å². The van der Waals surface area contributed by atoms with Gasteiger partial charge < -0.3 is 20.4 Å². The minimum absolute atomic E-state index is 0.723. The fourth-order valence-corrected chi connectivity index (χ4v) is 3.04. The van der Waals surface area contributed by atoms with Gasteiger partial charge in [0.1, 0.15) is 26.2 Å². The molecule has 0 amide bonds. The number of hydrogen-bond acceptors (Lipinski definition) is 1. The van der Waals surface area contributed by atoms with Crippen LogP contribution in [0.3, 0.4) is 0 Å². The monoisotopic (exact) mass is 322 g/mol. The lowest BCUT2D eigenvalue weighted by Crippen LogP contribution is -3.27. The Kier molecular flexibility index (Phi) is 6.61. The van der Waals surface area contributed by atoms with Crippen LogP contribution in [0.15, 0.2) is 18.2 Å². The highest BCUT2D eigenvalue weighted by atomic mass is 32.1. The molecular weight excluding hydrogens is 292 g/mol. The van der Waals surface area contributed by atoms with Gasteiger partial charge in [0.15, 0.2) is 5.11 Å². The molecule has 1 aliphatic rings. The average molecular weight is 323 g/mol. The van der Waals surface area contributed by atoms with E-state index in [0.29, 0.717) is 0 Å². The Balaban J connectivity index is 1.62. The molecule has 1 heterocycles. The second-order valence-electron chi connectivity index (χ2n) is 6.49. The minimum atomic E-state index is 0.723. The van der Waals surface area contributed by atoms with Gasteiger partial charge in [0.25, 0.3) is 0 Å². The van der Waals surface area contributed by atoms with Crippen molar-refractivity contribution in [2.45, 2.75) is 20.3 Å². The number of aryl methyl sites for hydroxylation is 2. The number of hydrogen-bond donors (Lipinski definition) is 4. The molecule has 1 saturated heterocycles. The maximum absolute atomic E-state index is 5.37. The Hall–Kier alpha value is -1.17. The van der Waals surface area contributed by atoms with Crippen molar-refractivity contribution in [3.05, 3.63) is 29.3 Å². The van der Waals surface area contributed by atoms with Crippen molar-refractivity contribution in [1.82, 2.24) is 5.32 Å². The molecule has 1 fully saturated rings. The summed E-state index contributed by atoms with van der Waals surface area (Å²) in [6.45, 7) is 11.6. The van der Waals surface area contributed by atoms with E-state index in [1.54, 1.807) is 9.80 Å². The number of rotatable bonds is 5. The summed E-state index contributed by atoms with van der Waals surface area (Å²) >= 11 is 5.37. The first kappa shape index (κ1) is 17.2. The second-order valence-corrected chi connectivity index (χ2v) is 6.90. The number of likely N-dealkylation sites (N-methyl/N-ethyl adjacent to an activating group) is 1. The average Bonchev–Trinajstić information content (AvgIpc) is 2.49. The molecule has 2 rings (SSSR count). The third kappa shape index (κ3) is 5.55. The smallest absolute Gasteiger partial charge is 0.170 e. The predicted octanol–water partition coefficient (Wildman–Crippen LogP) is -0.607. The molecule has 1 aromatic rings. The molecule has 0 aliphatic carbocycles. The van der Waals surface area contributed by atoms with Gasteiger partial charge in [0.05, 0.1) is 13.6 Å². The lowest BCUT2D eigenvalue weighted by molar-refractivity contribution is -1.00. The van der Waals surface area contributed by atoms with Crippen molar-refractivity contribution in [2.24, 2.45) is 0 Å². The SMILES string of the molecule is Cc1ccc(NC(=S)NCCC[NH+]2CC[NH+](C)CC2)cc1C. The first-order valence-corrected chi connectivity index (χ1v) is 8.72. The third-order valence-electron chi connectivity index (χ3n) is 4.57. The Labute approximate surface area is 139 Å². The molecule has 122 valence electrons. The van der Waals surface area contributed by atoms with E-state index < -0.39 is 0 Å². The van der Waals surface area contributed by atoms with Crippen LogP contribution >= 0.6 is 12.2 Å². The molecule has 0 saturated carbocycles. The van der Waals surface area contributed by atoms with Crippen molar-refractivity contribution in [2.75, 3.05) is 51.6 Å². The van der Waals surface area contributed by atoms with Crippen molar-refractivity contribution >= 4 is 23.0 Å². The first-order valence-electron chi connectivity index (χ1n) is 8.31. The van der Waals surface area contributed by atoms with Gasteiger partial charge >= 0.3 is 0 Å². The summed E-state index contributed by atoms with van der Waals surface area (Å²) in [5.74, 6) is 0. The van der Waals surface area contributed by atoms with E-state index in [1.807, 2.05) is 0 Å². The van der Waals surface area contributed by atoms with Crippen LogP contribution in [0.5, 0.6) is 0 Å². The predicted molar refractivity (Wildman–Crippen MR) is 96.9 cm³/mol. The van der Waals surface area contributed by atoms with Gasteiger partial charge in [-0.2, -0.15) is 0 Å². The largest absolute Gasteiger partial charge is 0.362 e. The van der Waals surface area contributed by atoms with Gasteiger partial charge in [-0.1, -0.05) is 6.07 Å². The number of thiocarbonyl (C=S) groups is 1. The minimum Gasteiger partial charge on any atom is -0.362 e. The van der Waals surface area contributed by atoms with E-state index in [2.05, 4.69) is 49.7 Å². The maximum Gasteiger partial charge on any atom is 0.170 e. The second kappa shape index (κ2) is 8.46. The van der Waals surface area contributed by atoms with Gasteiger partial charge in [0.2, 0.25) is 0 Å². The standard InChI is InChI=1S/C17H28N4S/c1-14-5-6-16(13-15(14)2)19-17(22)18-7-4-8-21-11-9-20(3)10-12-21/h5-6,13H,4,7-12H2,1-3H3,(H2,18,19,22)/p+2. The number of benzene rings is 1. The Morgan fingerprint density at radius 2 is 1.86 bits per heavy atom. The van der Waals surface area contributed by atoms with Crippen molar-refractivity contribution in [3.8, 4) is 0 Å². The molecule has 1 aromatic carbocycles. The Bertz CT molecular complexity index is 495. The molecule has 0 unspecified atom stereocenters. The van der Waals surface area contributed by atoms with Crippen LogP contribution in [0.1, 0.15) is 17.5 Å². The summed E-state index contributed by atoms with van der Waals surface area (Å²) in [7, 11) is 2.29. The maximum atomic E-state index is 5.37. The third-order valence-corrected chi connectivity index (χ3v) is 4.81. The van der Waals surface area contributed by atoms with E-state index in [0.717, 1.165) is 17.3 Å². The van der Waals surface area contributed by atoms with Crippen LogP contribution in [0.25, 0.3) is 0 Å². The van der Waals surface area contributed by atoms with Crippen LogP contribution in [0.2, 0.25) is 0 Å². The van der Waals surface area contributed by atoms with Crippen molar-refractivity contribution in [3.63, 3.8) is 0 Å². The van der Waals surface area contributed by atoms with E-state index >= 15 is 0 Å². The summed E-state index contributed by atoms with van der Waals surface area (Å²) in [6.07, 6.45) is 1.17.